The maximum atomic E-state index is 12.4. The Balaban J connectivity index is 1.38. The van der Waals surface area contributed by atoms with Gasteiger partial charge in [-0.1, -0.05) is 12.1 Å². The van der Waals surface area contributed by atoms with E-state index >= 15 is 0 Å². The normalized spacial score (nSPS) is 17.0. The van der Waals surface area contributed by atoms with Crippen LogP contribution < -0.4 is 5.32 Å². The number of carbonyl (C=O) groups is 1. The highest BCUT2D eigenvalue weighted by Crippen LogP contribution is 2.25. The predicted molar refractivity (Wildman–Crippen MR) is 96.7 cm³/mol. The molecule has 1 saturated heterocycles. The number of hydrogen-bond donors (Lipinski definition) is 2. The molecule has 1 aromatic carbocycles. The van der Waals surface area contributed by atoms with Crippen LogP contribution in [-0.2, 0) is 11.2 Å². The molecule has 2 N–H and O–H groups in total. The Morgan fingerprint density at radius 1 is 1.32 bits per heavy atom. The van der Waals surface area contributed by atoms with Gasteiger partial charge >= 0.3 is 0 Å². The number of rotatable bonds is 5. The van der Waals surface area contributed by atoms with E-state index in [1.807, 2.05) is 36.5 Å². The molecule has 25 heavy (non-hydrogen) atoms. The van der Waals surface area contributed by atoms with Crippen molar-refractivity contribution in [2.75, 3.05) is 19.8 Å². The first-order valence-electron chi connectivity index (χ1n) is 8.68. The van der Waals surface area contributed by atoms with Crippen molar-refractivity contribution < 1.29 is 9.53 Å². The Bertz CT molecular complexity index is 881. The van der Waals surface area contributed by atoms with Crippen LogP contribution in [0.3, 0.4) is 0 Å². The van der Waals surface area contributed by atoms with Crippen LogP contribution in [0.5, 0.6) is 0 Å². The summed E-state index contributed by atoms with van der Waals surface area (Å²) in [5, 5.41) is 4.13. The van der Waals surface area contributed by atoms with E-state index in [4.69, 9.17) is 4.74 Å². The minimum atomic E-state index is -0.0290. The lowest BCUT2D eigenvalue weighted by Crippen LogP contribution is -2.25. The van der Waals surface area contributed by atoms with Crippen molar-refractivity contribution >= 4 is 16.9 Å². The van der Waals surface area contributed by atoms with Gasteiger partial charge in [-0.2, -0.15) is 0 Å². The number of H-pyrrole nitrogens is 1. The van der Waals surface area contributed by atoms with Crippen LogP contribution in [0.25, 0.3) is 11.0 Å². The first-order chi connectivity index (χ1) is 12.3. The largest absolute Gasteiger partial charge is 0.381 e. The standard InChI is InChI=1S/C20H21N3O2/c24-20(15-4-1-3-14(11-15)17-7-10-25-13-17)22-9-6-16-12-23-19-18(16)5-2-8-21-19/h1-5,8,11-12,17H,6-7,9-10,13H2,(H,21,23)(H,22,24). The number of nitrogens with zero attached hydrogens (tertiary/aromatic N) is 1. The first kappa shape index (κ1) is 15.8. The van der Waals surface area contributed by atoms with Crippen molar-refractivity contribution in [3.63, 3.8) is 0 Å². The van der Waals surface area contributed by atoms with Gasteiger partial charge in [0.25, 0.3) is 5.91 Å². The summed E-state index contributed by atoms with van der Waals surface area (Å²) in [7, 11) is 0. The number of amides is 1. The third-order valence-corrected chi connectivity index (χ3v) is 4.77. The van der Waals surface area contributed by atoms with E-state index in [2.05, 4.69) is 21.4 Å². The van der Waals surface area contributed by atoms with Crippen LogP contribution in [0.15, 0.2) is 48.8 Å². The molecule has 2 aromatic heterocycles. The van der Waals surface area contributed by atoms with Crippen molar-refractivity contribution in [1.82, 2.24) is 15.3 Å². The average molecular weight is 335 g/mol. The molecule has 1 fully saturated rings. The van der Waals surface area contributed by atoms with Gasteiger partial charge in [0.15, 0.2) is 0 Å². The summed E-state index contributed by atoms with van der Waals surface area (Å²) in [5.74, 6) is 0.380. The van der Waals surface area contributed by atoms with Gasteiger partial charge in [0.2, 0.25) is 0 Å². The van der Waals surface area contributed by atoms with Gasteiger partial charge in [-0.05, 0) is 48.2 Å². The van der Waals surface area contributed by atoms with E-state index in [1.165, 1.54) is 11.1 Å². The molecule has 3 heterocycles. The number of nitrogens with one attached hydrogen (secondary N) is 2. The van der Waals surface area contributed by atoms with Gasteiger partial charge in [-0.25, -0.2) is 4.98 Å². The SMILES string of the molecule is O=C(NCCc1c[nH]c2ncccc12)c1cccc(C2CCOC2)c1. The zero-order chi connectivity index (χ0) is 17.1. The van der Waals surface area contributed by atoms with Gasteiger partial charge in [0.05, 0.1) is 6.61 Å². The van der Waals surface area contributed by atoms with Crippen LogP contribution in [0, 0.1) is 0 Å². The molecular weight excluding hydrogens is 314 g/mol. The number of carbonyl (C=O) groups excluding carboxylic acids is 1. The molecule has 5 heteroatoms. The number of pyridine rings is 1. The monoisotopic (exact) mass is 335 g/mol. The van der Waals surface area contributed by atoms with Crippen molar-refractivity contribution in [3.8, 4) is 0 Å². The first-order valence-corrected chi connectivity index (χ1v) is 8.68. The maximum Gasteiger partial charge on any atom is 0.251 e. The predicted octanol–water partition coefficient (Wildman–Crippen LogP) is 3.04. The molecule has 0 aliphatic carbocycles. The fraction of sp³-hybridized carbons (Fsp3) is 0.300. The highest BCUT2D eigenvalue weighted by molar-refractivity contribution is 5.94. The fourth-order valence-electron chi connectivity index (χ4n) is 3.36. The fourth-order valence-corrected chi connectivity index (χ4v) is 3.36. The lowest BCUT2D eigenvalue weighted by Gasteiger charge is -2.10. The van der Waals surface area contributed by atoms with E-state index in [9.17, 15) is 4.79 Å². The molecule has 1 atom stereocenters. The van der Waals surface area contributed by atoms with E-state index in [0.717, 1.165) is 37.1 Å². The van der Waals surface area contributed by atoms with E-state index < -0.39 is 0 Å². The molecule has 0 spiro atoms. The second-order valence-corrected chi connectivity index (χ2v) is 6.41. The molecule has 0 radical (unpaired) electrons. The summed E-state index contributed by atoms with van der Waals surface area (Å²) in [4.78, 5) is 19.9. The highest BCUT2D eigenvalue weighted by atomic mass is 16.5. The van der Waals surface area contributed by atoms with E-state index in [0.29, 0.717) is 18.0 Å². The van der Waals surface area contributed by atoms with Crippen molar-refractivity contribution in [2.45, 2.75) is 18.8 Å². The molecule has 3 aromatic rings. The molecule has 1 amide bonds. The van der Waals surface area contributed by atoms with Crippen LogP contribution >= 0.6 is 0 Å². The molecule has 0 bridgehead atoms. The summed E-state index contributed by atoms with van der Waals surface area (Å²) in [6.45, 7) is 2.15. The Hall–Kier alpha value is -2.66. The van der Waals surface area contributed by atoms with Gasteiger partial charge in [-0.15, -0.1) is 0 Å². The summed E-state index contributed by atoms with van der Waals surface area (Å²) in [6, 6.07) is 11.9. The molecule has 5 nitrogen and oxygen atoms in total. The maximum absolute atomic E-state index is 12.4. The van der Waals surface area contributed by atoms with Gasteiger partial charge in [0, 0.05) is 42.4 Å². The average Bonchev–Trinajstić information content (AvgIpc) is 3.32. The van der Waals surface area contributed by atoms with E-state index in [1.54, 1.807) is 6.20 Å². The summed E-state index contributed by atoms with van der Waals surface area (Å²) in [6.07, 6.45) is 5.53. The molecule has 1 unspecified atom stereocenters. The molecular formula is C20H21N3O2. The lowest BCUT2D eigenvalue weighted by atomic mass is 9.96. The number of fused-ring (bicyclic) bond motifs is 1. The van der Waals surface area contributed by atoms with E-state index in [-0.39, 0.29) is 5.91 Å². The summed E-state index contributed by atoms with van der Waals surface area (Å²) >= 11 is 0. The number of benzene rings is 1. The zero-order valence-corrected chi connectivity index (χ0v) is 14.0. The minimum Gasteiger partial charge on any atom is -0.381 e. The summed E-state index contributed by atoms with van der Waals surface area (Å²) < 4.78 is 5.44. The van der Waals surface area contributed by atoms with Crippen LogP contribution in [0.2, 0.25) is 0 Å². The second-order valence-electron chi connectivity index (χ2n) is 6.41. The number of hydrogen-bond acceptors (Lipinski definition) is 3. The third kappa shape index (κ3) is 3.42. The summed E-state index contributed by atoms with van der Waals surface area (Å²) in [5.41, 5.74) is 3.95. The number of aromatic nitrogens is 2. The Kier molecular flexibility index (Phi) is 4.48. The smallest absolute Gasteiger partial charge is 0.251 e. The van der Waals surface area contributed by atoms with Crippen molar-refractivity contribution in [2.24, 2.45) is 0 Å². The number of ether oxygens (including phenoxy) is 1. The van der Waals surface area contributed by atoms with Crippen LogP contribution in [-0.4, -0.2) is 35.6 Å². The van der Waals surface area contributed by atoms with Crippen LogP contribution in [0.4, 0.5) is 0 Å². The molecule has 1 aliphatic rings. The minimum absolute atomic E-state index is 0.0290. The third-order valence-electron chi connectivity index (χ3n) is 4.77. The highest BCUT2D eigenvalue weighted by Gasteiger charge is 2.18. The van der Waals surface area contributed by atoms with Gasteiger partial charge < -0.3 is 15.0 Å². The molecule has 1 aliphatic heterocycles. The Morgan fingerprint density at radius 3 is 3.16 bits per heavy atom. The molecule has 0 saturated carbocycles. The van der Waals surface area contributed by atoms with Crippen LogP contribution in [0.1, 0.15) is 33.8 Å². The Labute approximate surface area is 146 Å². The van der Waals surface area contributed by atoms with Gasteiger partial charge in [-0.3, -0.25) is 4.79 Å². The Morgan fingerprint density at radius 2 is 2.28 bits per heavy atom. The van der Waals surface area contributed by atoms with Gasteiger partial charge in [0.1, 0.15) is 5.65 Å². The van der Waals surface area contributed by atoms with Crippen molar-refractivity contribution in [3.05, 3.63) is 65.5 Å². The quantitative estimate of drug-likeness (QED) is 0.753. The zero-order valence-electron chi connectivity index (χ0n) is 14.0. The number of aromatic amines is 1. The van der Waals surface area contributed by atoms with Crippen molar-refractivity contribution in [1.29, 1.82) is 0 Å². The lowest BCUT2D eigenvalue weighted by molar-refractivity contribution is 0.0954. The molecule has 128 valence electrons. The second kappa shape index (κ2) is 7.07. The topological polar surface area (TPSA) is 67.0 Å². The molecule has 4 rings (SSSR count).